The van der Waals surface area contributed by atoms with Crippen molar-refractivity contribution < 1.29 is 22.7 Å². The molecule has 176 valence electrons. The monoisotopic (exact) mass is 473 g/mol. The minimum atomic E-state index is -4.80. The molecule has 0 radical (unpaired) electrons. The summed E-state index contributed by atoms with van der Waals surface area (Å²) in [4.78, 5) is 22.6. The molecule has 7 nitrogen and oxygen atoms in total. The molecular formula is C21H27ClF3N5O2. The summed E-state index contributed by atoms with van der Waals surface area (Å²) in [6.07, 6.45) is -0.169. The predicted octanol–water partition coefficient (Wildman–Crippen LogP) is 4.41. The molecule has 2 aromatic rings. The fraction of sp³-hybridized carbons (Fsp3) is 0.476. The predicted molar refractivity (Wildman–Crippen MR) is 119 cm³/mol. The molecule has 1 saturated carbocycles. The highest BCUT2D eigenvalue weighted by atomic mass is 35.5. The van der Waals surface area contributed by atoms with Crippen LogP contribution in [0.1, 0.15) is 53.1 Å². The first kappa shape index (κ1) is 25.5. The van der Waals surface area contributed by atoms with Crippen molar-refractivity contribution in [1.29, 1.82) is 0 Å². The summed E-state index contributed by atoms with van der Waals surface area (Å²) in [6.45, 7) is 1.94. The van der Waals surface area contributed by atoms with Crippen LogP contribution < -0.4 is 20.7 Å². The number of ether oxygens (including phenoxy) is 1. The Morgan fingerprint density at radius 2 is 1.88 bits per heavy atom. The molecule has 0 unspecified atom stereocenters. The van der Waals surface area contributed by atoms with E-state index in [1.165, 1.54) is 12.1 Å². The van der Waals surface area contributed by atoms with Gasteiger partial charge in [-0.15, -0.1) is 25.6 Å². The molecule has 0 spiro atoms. The van der Waals surface area contributed by atoms with Gasteiger partial charge in [-0.1, -0.05) is 0 Å². The van der Waals surface area contributed by atoms with E-state index in [2.05, 4.69) is 20.0 Å². The molecule has 0 bridgehead atoms. The number of rotatable bonds is 6. The molecule has 1 aliphatic carbocycles. The van der Waals surface area contributed by atoms with Crippen LogP contribution in [0.5, 0.6) is 5.75 Å². The minimum absolute atomic E-state index is 0. The molecule has 11 heteroatoms. The first-order chi connectivity index (χ1) is 14.5. The fourth-order valence-electron chi connectivity index (χ4n) is 3.99. The van der Waals surface area contributed by atoms with Crippen LogP contribution in [0.2, 0.25) is 0 Å². The summed E-state index contributed by atoms with van der Waals surface area (Å²) < 4.78 is 41.8. The first-order valence-electron chi connectivity index (χ1n) is 10.0. The summed E-state index contributed by atoms with van der Waals surface area (Å²) in [5, 5.41) is 3.34. The van der Waals surface area contributed by atoms with Crippen LogP contribution >= 0.6 is 12.4 Å². The summed E-state index contributed by atoms with van der Waals surface area (Å²) in [6, 6.07) is 3.81. The maximum atomic E-state index is 12.6. The van der Waals surface area contributed by atoms with Crippen LogP contribution in [0, 0.1) is 6.92 Å². The van der Waals surface area contributed by atoms with Gasteiger partial charge in [-0.2, -0.15) is 4.98 Å². The lowest BCUT2D eigenvalue weighted by molar-refractivity contribution is -0.274. The van der Waals surface area contributed by atoms with Gasteiger partial charge in [0.1, 0.15) is 11.6 Å². The number of amides is 1. The van der Waals surface area contributed by atoms with Gasteiger partial charge < -0.3 is 20.7 Å². The number of anilines is 2. The third-order valence-corrected chi connectivity index (χ3v) is 5.39. The summed E-state index contributed by atoms with van der Waals surface area (Å²) in [7, 11) is 3.83. The lowest BCUT2D eigenvalue weighted by Gasteiger charge is -2.30. The number of hydrogen-bond donors (Lipinski definition) is 2. The van der Waals surface area contributed by atoms with Crippen molar-refractivity contribution in [2.75, 3.05) is 24.3 Å². The van der Waals surface area contributed by atoms with Crippen LogP contribution in [-0.4, -0.2) is 42.4 Å². The van der Waals surface area contributed by atoms with Crippen LogP contribution in [-0.2, 0) is 0 Å². The lowest BCUT2D eigenvalue weighted by atomic mass is 9.80. The second-order valence-electron chi connectivity index (χ2n) is 7.95. The number of primary amides is 1. The van der Waals surface area contributed by atoms with E-state index in [9.17, 15) is 18.0 Å². The summed E-state index contributed by atoms with van der Waals surface area (Å²) in [5.74, 6) is 0.263. The molecule has 1 aromatic heterocycles. The van der Waals surface area contributed by atoms with Crippen molar-refractivity contribution in [2.24, 2.45) is 5.73 Å². The van der Waals surface area contributed by atoms with Crippen LogP contribution in [0.25, 0.3) is 0 Å². The normalized spacial score (nSPS) is 18.4. The summed E-state index contributed by atoms with van der Waals surface area (Å²) in [5.41, 5.74) is 7.14. The minimum Gasteiger partial charge on any atom is -0.406 e. The molecule has 0 atom stereocenters. The maximum Gasteiger partial charge on any atom is 0.573 e. The Balaban J connectivity index is 0.00000363. The highest BCUT2D eigenvalue weighted by Gasteiger charge is 2.32. The molecule has 1 aromatic carbocycles. The quantitative estimate of drug-likeness (QED) is 0.645. The van der Waals surface area contributed by atoms with E-state index >= 15 is 0 Å². The molecule has 0 saturated heterocycles. The molecule has 0 aliphatic heterocycles. The molecule has 1 amide bonds. The van der Waals surface area contributed by atoms with Gasteiger partial charge in [-0.05, 0) is 62.3 Å². The third-order valence-electron chi connectivity index (χ3n) is 5.39. The Bertz CT molecular complexity index is 948. The molecular weight excluding hydrogens is 447 g/mol. The Hall–Kier alpha value is -2.75. The van der Waals surface area contributed by atoms with Gasteiger partial charge in [0, 0.05) is 37.5 Å². The van der Waals surface area contributed by atoms with E-state index in [-0.39, 0.29) is 35.7 Å². The zero-order valence-electron chi connectivity index (χ0n) is 18.1. The molecule has 1 fully saturated rings. The van der Waals surface area contributed by atoms with Crippen LogP contribution in [0.15, 0.2) is 24.4 Å². The summed E-state index contributed by atoms with van der Waals surface area (Å²) >= 11 is 0. The highest BCUT2D eigenvalue weighted by Crippen LogP contribution is 2.38. The fourth-order valence-corrected chi connectivity index (χ4v) is 3.99. The van der Waals surface area contributed by atoms with Gasteiger partial charge in [0.15, 0.2) is 0 Å². The van der Waals surface area contributed by atoms with E-state index in [0.29, 0.717) is 24.4 Å². The van der Waals surface area contributed by atoms with Crippen molar-refractivity contribution in [2.45, 2.75) is 50.9 Å². The van der Waals surface area contributed by atoms with Crippen molar-refractivity contribution in [3.63, 3.8) is 0 Å². The highest BCUT2D eigenvalue weighted by molar-refractivity contribution is 5.94. The molecule has 3 rings (SSSR count). The average Bonchev–Trinajstić information content (AvgIpc) is 2.68. The van der Waals surface area contributed by atoms with E-state index < -0.39 is 12.3 Å². The SMILES string of the molecule is Cc1cnc(NC2CCC(c3cc(OC(F)(F)F)ccc3C(N)=O)CC2)nc1N(C)C.Cl. The second kappa shape index (κ2) is 10.2. The van der Waals surface area contributed by atoms with Crippen molar-refractivity contribution in [1.82, 2.24) is 9.97 Å². The largest absolute Gasteiger partial charge is 0.573 e. The number of aryl methyl sites for hydroxylation is 1. The number of alkyl halides is 3. The van der Waals surface area contributed by atoms with Crippen LogP contribution in [0.3, 0.4) is 0 Å². The number of carbonyl (C=O) groups excluding carboxylic acids is 1. The smallest absolute Gasteiger partial charge is 0.406 e. The number of nitrogens with zero attached hydrogens (tertiary/aromatic N) is 3. The standard InChI is InChI=1S/C21H26F3N5O2.ClH/c1-12-11-26-20(28-19(12)29(2)3)27-14-6-4-13(5-7-14)17-10-15(31-21(22,23)24)8-9-16(17)18(25)30;/h8-11,13-14H,4-7H2,1-3H3,(H2,25,30)(H,26,27,28);1H. The van der Waals surface area contributed by atoms with Crippen LogP contribution in [0.4, 0.5) is 24.9 Å². The third kappa shape index (κ3) is 6.38. The van der Waals surface area contributed by atoms with E-state index in [4.69, 9.17) is 5.73 Å². The number of benzene rings is 1. The zero-order valence-corrected chi connectivity index (χ0v) is 18.9. The lowest BCUT2D eigenvalue weighted by Crippen LogP contribution is -2.28. The molecule has 1 aliphatic rings. The van der Waals surface area contributed by atoms with Gasteiger partial charge in [-0.3, -0.25) is 4.79 Å². The van der Waals surface area contributed by atoms with Gasteiger partial charge in [0.2, 0.25) is 11.9 Å². The number of nitrogens with one attached hydrogen (secondary N) is 1. The number of carbonyl (C=O) groups is 1. The topological polar surface area (TPSA) is 93.4 Å². The molecule has 1 heterocycles. The number of aromatic nitrogens is 2. The number of halogens is 4. The average molecular weight is 474 g/mol. The molecule has 3 N–H and O–H groups in total. The second-order valence-corrected chi connectivity index (χ2v) is 7.95. The van der Waals surface area contributed by atoms with Gasteiger partial charge in [-0.25, -0.2) is 4.98 Å². The number of hydrogen-bond acceptors (Lipinski definition) is 6. The Kier molecular flexibility index (Phi) is 8.17. The maximum absolute atomic E-state index is 12.6. The van der Waals surface area contributed by atoms with Gasteiger partial charge in [0.25, 0.3) is 0 Å². The van der Waals surface area contributed by atoms with Crippen molar-refractivity contribution >= 4 is 30.1 Å². The zero-order chi connectivity index (χ0) is 22.8. The Morgan fingerprint density at radius 1 is 1.22 bits per heavy atom. The van der Waals surface area contributed by atoms with Crippen molar-refractivity contribution in [3.05, 3.63) is 41.1 Å². The Morgan fingerprint density at radius 3 is 2.44 bits per heavy atom. The molecule has 32 heavy (non-hydrogen) atoms. The van der Waals surface area contributed by atoms with Gasteiger partial charge in [0.05, 0.1) is 0 Å². The van der Waals surface area contributed by atoms with E-state index in [0.717, 1.165) is 30.3 Å². The van der Waals surface area contributed by atoms with Crippen molar-refractivity contribution in [3.8, 4) is 5.75 Å². The van der Waals surface area contributed by atoms with Gasteiger partial charge >= 0.3 is 6.36 Å². The first-order valence-corrected chi connectivity index (χ1v) is 10.0. The van der Waals surface area contributed by atoms with E-state index in [1.54, 1.807) is 6.20 Å². The Labute approximate surface area is 191 Å². The number of nitrogens with two attached hydrogens (primary N) is 1. The van der Waals surface area contributed by atoms with E-state index in [1.807, 2.05) is 25.9 Å².